The van der Waals surface area contributed by atoms with Crippen LogP contribution < -0.4 is 4.90 Å². The van der Waals surface area contributed by atoms with E-state index in [4.69, 9.17) is 0 Å². The number of aromatic nitrogens is 2. The molecule has 0 N–H and O–H groups in total. The van der Waals surface area contributed by atoms with Crippen molar-refractivity contribution in [1.82, 2.24) is 9.78 Å². The van der Waals surface area contributed by atoms with Gasteiger partial charge in [0.2, 0.25) is 0 Å². The van der Waals surface area contributed by atoms with Gasteiger partial charge in [0.25, 0.3) is 0 Å². The average Bonchev–Trinajstić information content (AvgIpc) is 3.15. The van der Waals surface area contributed by atoms with E-state index in [1.165, 1.54) is 12.3 Å². The molecule has 0 saturated heterocycles. The lowest BCUT2D eigenvalue weighted by molar-refractivity contribution is -0.112. The predicted molar refractivity (Wildman–Crippen MR) is 110 cm³/mol. The summed E-state index contributed by atoms with van der Waals surface area (Å²) in [5, 5.41) is 5.31. The summed E-state index contributed by atoms with van der Waals surface area (Å²) < 4.78 is 54.9. The number of rotatable bonds is 4. The fraction of sp³-hybridized carbons (Fsp3) is 0.429. The largest absolute Gasteiger partial charge is 0.612 e. The van der Waals surface area contributed by atoms with E-state index in [1.54, 1.807) is 18.2 Å². The van der Waals surface area contributed by atoms with E-state index in [-0.39, 0.29) is 24.2 Å². The van der Waals surface area contributed by atoms with Gasteiger partial charge in [0, 0.05) is 30.1 Å². The molecule has 4 rings (SSSR count). The molecule has 2 aromatic rings. The van der Waals surface area contributed by atoms with Crippen LogP contribution in [0.5, 0.6) is 0 Å². The molecule has 1 aliphatic carbocycles. The zero-order valence-electron chi connectivity index (χ0n) is 16.4. The van der Waals surface area contributed by atoms with Gasteiger partial charge in [-0.25, -0.2) is 0 Å². The second-order valence-electron chi connectivity index (χ2n) is 7.74. The van der Waals surface area contributed by atoms with Crippen molar-refractivity contribution in [3.63, 3.8) is 0 Å². The van der Waals surface area contributed by atoms with E-state index in [9.17, 15) is 22.5 Å². The second kappa shape index (κ2) is 8.11. The Hall–Kier alpha value is -2.26. The van der Waals surface area contributed by atoms with E-state index >= 15 is 0 Å². The molecule has 1 aliphatic heterocycles. The van der Waals surface area contributed by atoms with Gasteiger partial charge in [-0.15, -0.1) is 0 Å². The molecule has 9 heteroatoms. The Balaban J connectivity index is 1.73. The minimum absolute atomic E-state index is 0.0465. The maximum absolute atomic E-state index is 13.6. The number of alkyl halides is 3. The van der Waals surface area contributed by atoms with Crippen molar-refractivity contribution in [2.24, 2.45) is 5.92 Å². The summed E-state index contributed by atoms with van der Waals surface area (Å²) in [6.07, 6.45) is 7.10. The van der Waals surface area contributed by atoms with Gasteiger partial charge in [-0.1, -0.05) is 12.2 Å². The van der Waals surface area contributed by atoms with Gasteiger partial charge >= 0.3 is 6.18 Å². The first-order valence-corrected chi connectivity index (χ1v) is 11.4. The highest BCUT2D eigenvalue weighted by molar-refractivity contribution is 7.90. The van der Waals surface area contributed by atoms with E-state index in [0.717, 1.165) is 42.9 Å². The van der Waals surface area contributed by atoms with Crippen LogP contribution in [0.2, 0.25) is 0 Å². The monoisotopic (exact) mass is 437 g/mol. The van der Waals surface area contributed by atoms with E-state index in [2.05, 4.69) is 5.10 Å². The Morgan fingerprint density at radius 2 is 1.97 bits per heavy atom. The minimum Gasteiger partial charge on any atom is -0.612 e. The van der Waals surface area contributed by atoms with Gasteiger partial charge < -0.3 is 14.2 Å². The molecule has 1 aromatic carbocycles. The quantitative estimate of drug-likeness (QED) is 0.521. The molecule has 1 saturated carbocycles. The number of fused-ring (bicyclic) bond motifs is 1. The van der Waals surface area contributed by atoms with Crippen molar-refractivity contribution in [3.8, 4) is 0 Å². The van der Waals surface area contributed by atoms with Crippen LogP contribution in [0.4, 0.5) is 18.9 Å². The SMILES string of the molecule is C[S+]([O-])c1cc2nn(C3CCC(C=O)CC3)cc2cc1N1CC=CC=C1C(F)(F)F. The average molecular weight is 437 g/mol. The van der Waals surface area contributed by atoms with Crippen molar-refractivity contribution in [3.05, 3.63) is 42.3 Å². The van der Waals surface area contributed by atoms with Crippen LogP contribution in [-0.2, 0) is 16.0 Å². The highest BCUT2D eigenvalue weighted by atomic mass is 32.2. The van der Waals surface area contributed by atoms with Crippen LogP contribution in [0.25, 0.3) is 10.9 Å². The van der Waals surface area contributed by atoms with Crippen molar-refractivity contribution >= 4 is 34.1 Å². The van der Waals surface area contributed by atoms with Crippen LogP contribution in [0.3, 0.4) is 0 Å². The minimum atomic E-state index is -4.52. The third-order valence-electron chi connectivity index (χ3n) is 5.77. The van der Waals surface area contributed by atoms with E-state index in [0.29, 0.717) is 15.8 Å². The van der Waals surface area contributed by atoms with Gasteiger partial charge in [0.15, 0.2) is 4.90 Å². The van der Waals surface area contributed by atoms with Crippen molar-refractivity contribution < 1.29 is 22.5 Å². The van der Waals surface area contributed by atoms with Crippen molar-refractivity contribution in [2.75, 3.05) is 17.7 Å². The molecule has 160 valence electrons. The Morgan fingerprint density at radius 3 is 2.60 bits per heavy atom. The molecular weight excluding hydrogens is 415 g/mol. The molecule has 1 unspecified atom stereocenters. The zero-order valence-corrected chi connectivity index (χ0v) is 17.2. The lowest BCUT2D eigenvalue weighted by atomic mass is 9.87. The summed E-state index contributed by atoms with van der Waals surface area (Å²) in [5.41, 5.74) is 0.0997. The standard InChI is InChI=1S/C21H22F3N3O2S/c1-30(29)19-11-17-15(12-27(25-17)16-7-5-14(13-28)6-8-16)10-18(19)26-9-3-2-4-20(26)21(22,23)24/h2-4,10-14,16H,5-9H2,1H3. The van der Waals surface area contributed by atoms with Crippen LogP contribution in [0.1, 0.15) is 31.7 Å². The van der Waals surface area contributed by atoms with Gasteiger partial charge in [-0.05, 0) is 49.0 Å². The normalized spacial score (nSPS) is 23.5. The fourth-order valence-corrected chi connectivity index (χ4v) is 4.92. The molecule has 0 bridgehead atoms. The van der Waals surface area contributed by atoms with Crippen LogP contribution in [0, 0.1) is 5.92 Å². The fourth-order valence-electron chi connectivity index (χ4n) is 4.18. The summed E-state index contributed by atoms with van der Waals surface area (Å²) in [6, 6.07) is 3.42. The molecular formula is C21H22F3N3O2S. The van der Waals surface area contributed by atoms with Crippen LogP contribution >= 0.6 is 0 Å². The third kappa shape index (κ3) is 4.00. The Kier molecular flexibility index (Phi) is 5.67. The Morgan fingerprint density at radius 1 is 1.23 bits per heavy atom. The zero-order chi connectivity index (χ0) is 21.5. The number of carbonyl (C=O) groups excluding carboxylic acids is 1. The van der Waals surface area contributed by atoms with Crippen molar-refractivity contribution in [1.29, 1.82) is 0 Å². The number of carbonyl (C=O) groups is 1. The molecule has 1 atom stereocenters. The molecule has 1 aromatic heterocycles. The number of hydrogen-bond acceptors (Lipinski definition) is 4. The number of nitrogens with zero attached hydrogens (tertiary/aromatic N) is 3. The first-order chi connectivity index (χ1) is 14.3. The van der Waals surface area contributed by atoms with Crippen LogP contribution in [0.15, 0.2) is 47.2 Å². The number of allylic oxidation sites excluding steroid dienone is 3. The van der Waals surface area contributed by atoms with Gasteiger partial charge in [-0.3, -0.25) is 4.68 Å². The lowest BCUT2D eigenvalue weighted by Gasteiger charge is -2.30. The maximum Gasteiger partial charge on any atom is 0.431 e. The topological polar surface area (TPSA) is 61.2 Å². The molecule has 2 aliphatic rings. The maximum atomic E-state index is 13.6. The summed E-state index contributed by atoms with van der Waals surface area (Å²) in [5.74, 6) is 0.0895. The molecule has 0 radical (unpaired) electrons. The van der Waals surface area contributed by atoms with Crippen LogP contribution in [-0.4, -0.2) is 39.6 Å². The highest BCUT2D eigenvalue weighted by Gasteiger charge is 2.40. The number of aldehydes is 1. The van der Waals surface area contributed by atoms with Gasteiger partial charge in [0.1, 0.15) is 18.2 Å². The predicted octanol–water partition coefficient (Wildman–Crippen LogP) is 4.53. The molecule has 2 heterocycles. The highest BCUT2D eigenvalue weighted by Crippen LogP contribution is 2.39. The summed E-state index contributed by atoms with van der Waals surface area (Å²) in [4.78, 5) is 12.5. The molecule has 0 amide bonds. The van der Waals surface area contributed by atoms with Gasteiger partial charge in [0.05, 0.1) is 17.2 Å². The number of benzene rings is 1. The smallest absolute Gasteiger partial charge is 0.431 e. The Labute approximate surface area is 175 Å². The molecule has 1 fully saturated rings. The molecule has 30 heavy (non-hydrogen) atoms. The second-order valence-corrected chi connectivity index (χ2v) is 9.08. The van der Waals surface area contributed by atoms with E-state index < -0.39 is 23.0 Å². The number of hydrogen-bond donors (Lipinski definition) is 0. The summed E-state index contributed by atoms with van der Waals surface area (Å²) in [7, 11) is 0. The van der Waals surface area contributed by atoms with E-state index in [1.807, 2.05) is 10.9 Å². The third-order valence-corrected chi connectivity index (χ3v) is 6.72. The number of anilines is 1. The molecule has 5 nitrogen and oxygen atoms in total. The summed E-state index contributed by atoms with van der Waals surface area (Å²) >= 11 is -1.49. The lowest BCUT2D eigenvalue weighted by Crippen LogP contribution is -2.34. The van der Waals surface area contributed by atoms with Crippen molar-refractivity contribution in [2.45, 2.75) is 42.8 Å². The first-order valence-electron chi connectivity index (χ1n) is 9.81. The van der Waals surface area contributed by atoms with Gasteiger partial charge in [-0.2, -0.15) is 18.3 Å². The first kappa shape index (κ1) is 21.0. The molecule has 0 spiro atoms. The summed E-state index contributed by atoms with van der Waals surface area (Å²) in [6.45, 7) is 0.0465. The number of halogens is 3. The Bertz CT molecular complexity index is 1000.